The number of nitrogens with zero attached hydrogens (tertiary/aromatic N) is 1. The number of fused-ring (bicyclic) bond motifs is 1. The highest BCUT2D eigenvalue weighted by molar-refractivity contribution is 7.80. The predicted octanol–water partition coefficient (Wildman–Crippen LogP) is 2.85. The first-order valence-corrected chi connectivity index (χ1v) is 6.31. The van der Waals surface area contributed by atoms with Gasteiger partial charge in [-0.25, -0.2) is 0 Å². The Morgan fingerprint density at radius 2 is 2.05 bits per heavy atom. The summed E-state index contributed by atoms with van der Waals surface area (Å²) in [6.45, 7) is -0.911. The second kappa shape index (κ2) is 5.80. The summed E-state index contributed by atoms with van der Waals surface area (Å²) >= 11 is 4.91. The first-order valence-electron chi connectivity index (χ1n) is 5.90. The van der Waals surface area contributed by atoms with E-state index in [1.54, 1.807) is 6.20 Å². The van der Waals surface area contributed by atoms with Gasteiger partial charge in [-0.1, -0.05) is 24.4 Å². The summed E-state index contributed by atoms with van der Waals surface area (Å²) in [6, 6.07) is 7.38. The molecule has 0 spiro atoms. The molecule has 0 unspecified atom stereocenters. The van der Waals surface area contributed by atoms with Crippen molar-refractivity contribution in [2.24, 2.45) is 5.73 Å². The second-order valence-electron chi connectivity index (χ2n) is 4.31. The number of halogens is 3. The Bertz CT molecular complexity index is 622. The fourth-order valence-electron chi connectivity index (χ4n) is 1.88. The van der Waals surface area contributed by atoms with Gasteiger partial charge in [0, 0.05) is 23.8 Å². The fourth-order valence-corrected chi connectivity index (χ4v) is 2.01. The second-order valence-corrected chi connectivity index (χ2v) is 4.75. The van der Waals surface area contributed by atoms with Crippen molar-refractivity contribution < 1.29 is 17.9 Å². The molecule has 0 saturated carbocycles. The molecule has 3 nitrogen and oxygen atoms in total. The van der Waals surface area contributed by atoms with Crippen LogP contribution in [-0.2, 0) is 11.3 Å². The molecule has 2 rings (SSSR count). The minimum atomic E-state index is -4.29. The van der Waals surface area contributed by atoms with E-state index in [2.05, 4.69) is 4.74 Å². The predicted molar refractivity (Wildman–Crippen MR) is 74.7 cm³/mol. The molecule has 0 aliphatic carbocycles. The third-order valence-electron chi connectivity index (χ3n) is 2.80. The van der Waals surface area contributed by atoms with Gasteiger partial charge in [0.1, 0.15) is 11.6 Å². The van der Waals surface area contributed by atoms with E-state index in [0.29, 0.717) is 6.54 Å². The van der Waals surface area contributed by atoms with E-state index in [1.165, 1.54) is 0 Å². The molecule has 2 N–H and O–H groups in total. The first-order chi connectivity index (χ1) is 9.37. The standard InChI is InChI=1S/C13H13F3N2OS/c14-13(15,16)8-19-6-5-18-4-3-9-1-2-10(12(17)20)7-11(9)18/h1-4,7H,5-6,8H2,(H2,17,20). The van der Waals surface area contributed by atoms with E-state index in [9.17, 15) is 13.2 Å². The van der Waals surface area contributed by atoms with Crippen LogP contribution in [0, 0.1) is 0 Å². The van der Waals surface area contributed by atoms with Gasteiger partial charge in [0.25, 0.3) is 0 Å². The number of aromatic nitrogens is 1. The minimum Gasteiger partial charge on any atom is -0.389 e. The van der Waals surface area contributed by atoms with Gasteiger partial charge >= 0.3 is 6.18 Å². The van der Waals surface area contributed by atoms with Crippen LogP contribution in [0.1, 0.15) is 5.56 Å². The number of ether oxygens (including phenoxy) is 1. The lowest BCUT2D eigenvalue weighted by molar-refractivity contribution is -0.174. The Hall–Kier alpha value is -1.60. The molecule has 0 radical (unpaired) electrons. The Labute approximate surface area is 119 Å². The molecular weight excluding hydrogens is 289 g/mol. The number of thiocarbonyl (C=S) groups is 1. The van der Waals surface area contributed by atoms with Gasteiger partial charge in [0.2, 0.25) is 0 Å². The van der Waals surface area contributed by atoms with E-state index < -0.39 is 12.8 Å². The molecule has 0 saturated heterocycles. The fraction of sp³-hybridized carbons (Fsp3) is 0.308. The molecule has 2 aromatic rings. The lowest BCUT2D eigenvalue weighted by Gasteiger charge is -2.09. The highest BCUT2D eigenvalue weighted by Gasteiger charge is 2.27. The maximum atomic E-state index is 12.0. The van der Waals surface area contributed by atoms with Crippen LogP contribution in [-0.4, -0.2) is 28.9 Å². The van der Waals surface area contributed by atoms with Crippen LogP contribution in [0.4, 0.5) is 13.2 Å². The topological polar surface area (TPSA) is 40.2 Å². The number of hydrogen-bond donors (Lipinski definition) is 1. The molecule has 0 amide bonds. The molecule has 0 fully saturated rings. The zero-order valence-electron chi connectivity index (χ0n) is 10.5. The van der Waals surface area contributed by atoms with Crippen molar-refractivity contribution in [2.75, 3.05) is 13.2 Å². The van der Waals surface area contributed by atoms with Crippen LogP contribution in [0.5, 0.6) is 0 Å². The van der Waals surface area contributed by atoms with E-state index in [4.69, 9.17) is 18.0 Å². The average Bonchev–Trinajstić information content (AvgIpc) is 2.76. The smallest absolute Gasteiger partial charge is 0.389 e. The van der Waals surface area contributed by atoms with Gasteiger partial charge in [0.15, 0.2) is 0 Å². The molecule has 7 heteroatoms. The van der Waals surface area contributed by atoms with Gasteiger partial charge in [-0.05, 0) is 17.5 Å². The summed E-state index contributed by atoms with van der Waals surface area (Å²) < 4.78 is 42.3. The van der Waals surface area contributed by atoms with E-state index in [1.807, 2.05) is 28.8 Å². The van der Waals surface area contributed by atoms with Crippen molar-refractivity contribution in [1.82, 2.24) is 4.57 Å². The summed E-state index contributed by atoms with van der Waals surface area (Å²) in [4.78, 5) is 0.285. The highest BCUT2D eigenvalue weighted by Crippen LogP contribution is 2.18. The van der Waals surface area contributed by atoms with Crippen molar-refractivity contribution in [3.05, 3.63) is 36.0 Å². The third-order valence-corrected chi connectivity index (χ3v) is 3.04. The molecule has 108 valence electrons. The van der Waals surface area contributed by atoms with Gasteiger partial charge < -0.3 is 15.0 Å². The average molecular weight is 302 g/mol. The van der Waals surface area contributed by atoms with Crippen molar-refractivity contribution in [1.29, 1.82) is 0 Å². The maximum absolute atomic E-state index is 12.0. The molecule has 1 aromatic carbocycles. The lowest BCUT2D eigenvalue weighted by atomic mass is 10.1. The summed E-state index contributed by atoms with van der Waals surface area (Å²) in [5.74, 6) is 0. The summed E-state index contributed by atoms with van der Waals surface area (Å²) in [7, 11) is 0. The van der Waals surface area contributed by atoms with E-state index >= 15 is 0 Å². The quantitative estimate of drug-likeness (QED) is 0.682. The van der Waals surface area contributed by atoms with Crippen molar-refractivity contribution in [3.8, 4) is 0 Å². The molecule has 1 heterocycles. The van der Waals surface area contributed by atoms with Crippen LogP contribution in [0.25, 0.3) is 10.9 Å². The highest BCUT2D eigenvalue weighted by atomic mass is 32.1. The number of rotatable bonds is 5. The summed E-state index contributed by atoms with van der Waals surface area (Å²) in [6.07, 6.45) is -2.50. The maximum Gasteiger partial charge on any atom is 0.411 e. The van der Waals surface area contributed by atoms with Crippen LogP contribution in [0.15, 0.2) is 30.5 Å². The zero-order valence-corrected chi connectivity index (χ0v) is 11.3. The molecule has 0 atom stereocenters. The summed E-state index contributed by atoms with van der Waals surface area (Å²) in [5.41, 5.74) is 7.16. The molecule has 20 heavy (non-hydrogen) atoms. The lowest BCUT2D eigenvalue weighted by Crippen LogP contribution is -2.18. The third kappa shape index (κ3) is 3.71. The van der Waals surface area contributed by atoms with Gasteiger partial charge in [-0.2, -0.15) is 13.2 Å². The number of benzene rings is 1. The molecule has 0 aliphatic heterocycles. The SMILES string of the molecule is NC(=S)c1ccc2ccn(CCOCC(F)(F)F)c2c1. The Morgan fingerprint density at radius 1 is 1.30 bits per heavy atom. The monoisotopic (exact) mass is 302 g/mol. The van der Waals surface area contributed by atoms with Gasteiger partial charge in [-0.3, -0.25) is 0 Å². The zero-order chi connectivity index (χ0) is 14.8. The molecule has 0 aliphatic rings. The van der Waals surface area contributed by atoms with Crippen LogP contribution in [0.3, 0.4) is 0 Å². The van der Waals surface area contributed by atoms with Crippen LogP contribution in [0.2, 0.25) is 0 Å². The van der Waals surface area contributed by atoms with Crippen LogP contribution >= 0.6 is 12.2 Å². The Balaban J connectivity index is 2.06. The first kappa shape index (κ1) is 14.8. The largest absolute Gasteiger partial charge is 0.411 e. The Kier molecular flexibility index (Phi) is 4.29. The number of hydrogen-bond acceptors (Lipinski definition) is 2. The van der Waals surface area contributed by atoms with E-state index in [0.717, 1.165) is 16.5 Å². The number of alkyl halides is 3. The normalized spacial score (nSPS) is 11.9. The van der Waals surface area contributed by atoms with Crippen LogP contribution < -0.4 is 5.73 Å². The van der Waals surface area contributed by atoms with Gasteiger partial charge in [-0.15, -0.1) is 0 Å². The summed E-state index contributed by atoms with van der Waals surface area (Å²) in [5, 5.41) is 0.973. The van der Waals surface area contributed by atoms with Crippen molar-refractivity contribution in [2.45, 2.75) is 12.7 Å². The van der Waals surface area contributed by atoms with E-state index in [-0.39, 0.29) is 11.6 Å². The molecule has 1 aromatic heterocycles. The molecular formula is C13H13F3N2OS. The van der Waals surface area contributed by atoms with Crippen molar-refractivity contribution >= 4 is 28.1 Å². The van der Waals surface area contributed by atoms with Crippen molar-refractivity contribution in [3.63, 3.8) is 0 Å². The molecule has 0 bridgehead atoms. The Morgan fingerprint density at radius 3 is 2.70 bits per heavy atom. The minimum absolute atomic E-state index is 0.0133. The number of nitrogens with two attached hydrogens (primary N) is 1. The van der Waals surface area contributed by atoms with Gasteiger partial charge in [0.05, 0.1) is 6.61 Å².